The van der Waals surface area contributed by atoms with Gasteiger partial charge in [-0.05, 0) is 66.6 Å². The molecular weight excluding hydrogens is 418 g/mol. The van der Waals surface area contributed by atoms with E-state index in [0.29, 0.717) is 28.4 Å². The molecule has 3 aromatic carbocycles. The van der Waals surface area contributed by atoms with E-state index in [0.717, 1.165) is 5.56 Å². The summed E-state index contributed by atoms with van der Waals surface area (Å²) in [5.74, 6) is 0.303. The summed E-state index contributed by atoms with van der Waals surface area (Å²) in [6.45, 7) is 1.68. The van der Waals surface area contributed by atoms with Gasteiger partial charge in [0.15, 0.2) is 6.61 Å². The van der Waals surface area contributed by atoms with E-state index in [1.54, 1.807) is 61.7 Å². The van der Waals surface area contributed by atoms with Gasteiger partial charge in [0.25, 0.3) is 11.8 Å². The number of benzene rings is 3. The van der Waals surface area contributed by atoms with Crippen LogP contribution in [0.2, 0.25) is 0 Å². The molecule has 0 atom stereocenters. The topological polar surface area (TPSA) is 100 Å². The van der Waals surface area contributed by atoms with Gasteiger partial charge in [0.1, 0.15) is 23.1 Å². The zero-order valence-electron chi connectivity index (χ0n) is 18.3. The van der Waals surface area contributed by atoms with E-state index in [1.165, 1.54) is 6.08 Å². The summed E-state index contributed by atoms with van der Waals surface area (Å²) in [5, 5.41) is 14.9. The quantitative estimate of drug-likeness (QED) is 0.394. The zero-order valence-corrected chi connectivity index (χ0v) is 18.3. The van der Waals surface area contributed by atoms with E-state index >= 15 is 0 Å². The van der Waals surface area contributed by atoms with Gasteiger partial charge in [-0.25, -0.2) is 0 Å². The van der Waals surface area contributed by atoms with Crippen molar-refractivity contribution in [1.29, 1.82) is 5.26 Å². The molecule has 0 fully saturated rings. The Balaban J connectivity index is 1.62. The molecule has 7 nitrogen and oxygen atoms in total. The van der Waals surface area contributed by atoms with Crippen LogP contribution in [0.1, 0.15) is 11.1 Å². The molecule has 0 aliphatic carbocycles. The Kier molecular flexibility index (Phi) is 7.81. The molecule has 3 rings (SSSR count). The van der Waals surface area contributed by atoms with Gasteiger partial charge in [0.05, 0.1) is 7.11 Å². The Hall–Kier alpha value is -4.57. The number of nitrogens with zero attached hydrogens (tertiary/aromatic N) is 1. The van der Waals surface area contributed by atoms with Crippen molar-refractivity contribution in [3.63, 3.8) is 0 Å². The van der Waals surface area contributed by atoms with E-state index in [1.807, 2.05) is 31.2 Å². The van der Waals surface area contributed by atoms with Crippen molar-refractivity contribution in [2.45, 2.75) is 6.92 Å². The lowest BCUT2D eigenvalue weighted by atomic mass is 10.1. The summed E-state index contributed by atoms with van der Waals surface area (Å²) >= 11 is 0. The van der Waals surface area contributed by atoms with Crippen molar-refractivity contribution in [2.75, 3.05) is 24.4 Å². The van der Waals surface area contributed by atoms with E-state index in [4.69, 9.17) is 9.47 Å². The van der Waals surface area contributed by atoms with E-state index < -0.39 is 5.91 Å². The fourth-order valence-corrected chi connectivity index (χ4v) is 2.93. The number of methoxy groups -OCH3 is 1. The highest BCUT2D eigenvalue weighted by molar-refractivity contribution is 6.10. The minimum absolute atomic E-state index is 0.0485. The normalized spacial score (nSPS) is 10.6. The van der Waals surface area contributed by atoms with Gasteiger partial charge in [-0.2, -0.15) is 5.26 Å². The molecule has 0 aromatic heterocycles. The Morgan fingerprint density at radius 3 is 2.42 bits per heavy atom. The molecule has 2 N–H and O–H groups in total. The molecule has 2 amide bonds. The molecule has 33 heavy (non-hydrogen) atoms. The first-order chi connectivity index (χ1) is 16.0. The summed E-state index contributed by atoms with van der Waals surface area (Å²) in [4.78, 5) is 24.7. The first kappa shape index (κ1) is 23.1. The number of nitriles is 1. The summed E-state index contributed by atoms with van der Waals surface area (Å²) < 4.78 is 10.7. The molecular formula is C26H23N3O4. The van der Waals surface area contributed by atoms with Gasteiger partial charge < -0.3 is 20.1 Å². The monoisotopic (exact) mass is 441 g/mol. The minimum Gasteiger partial charge on any atom is -0.497 e. The van der Waals surface area contributed by atoms with E-state index in [-0.39, 0.29) is 18.1 Å². The number of rotatable bonds is 8. The van der Waals surface area contributed by atoms with Gasteiger partial charge >= 0.3 is 0 Å². The molecule has 0 saturated heterocycles. The second-order valence-corrected chi connectivity index (χ2v) is 7.08. The predicted molar refractivity (Wildman–Crippen MR) is 127 cm³/mol. The van der Waals surface area contributed by atoms with Crippen LogP contribution in [0.4, 0.5) is 11.4 Å². The number of ether oxygens (including phenoxy) is 2. The number of para-hydroxylation sites is 1. The Morgan fingerprint density at radius 1 is 0.970 bits per heavy atom. The summed E-state index contributed by atoms with van der Waals surface area (Å²) in [6, 6.07) is 23.0. The van der Waals surface area contributed by atoms with Crippen molar-refractivity contribution >= 4 is 29.3 Å². The number of amides is 2. The maximum absolute atomic E-state index is 12.5. The maximum Gasteiger partial charge on any atom is 0.266 e. The number of carbonyl (C=O) groups is 2. The Bertz CT molecular complexity index is 1210. The molecule has 0 radical (unpaired) electrons. The molecule has 0 aliphatic heterocycles. The van der Waals surface area contributed by atoms with Gasteiger partial charge in [-0.15, -0.1) is 0 Å². The summed E-state index contributed by atoms with van der Waals surface area (Å²) in [6.07, 6.45) is 1.47. The largest absolute Gasteiger partial charge is 0.497 e. The number of anilines is 2. The molecule has 0 spiro atoms. The molecule has 3 aromatic rings. The van der Waals surface area contributed by atoms with Crippen LogP contribution >= 0.6 is 0 Å². The standard InChI is InChI=1S/C26H23N3O4/c1-18-6-3-4-9-24(18)29-26(31)20(16-27)14-19-7-5-8-23(15-19)33-17-25(30)28-21-10-12-22(32-2)13-11-21/h3-15H,17H2,1-2H3,(H,28,30)(H,29,31)/b20-14-. The molecule has 0 bridgehead atoms. The third kappa shape index (κ3) is 6.71. The second kappa shape index (κ2) is 11.2. The number of hydrogen-bond acceptors (Lipinski definition) is 5. The number of nitrogens with one attached hydrogen (secondary N) is 2. The first-order valence-electron chi connectivity index (χ1n) is 10.1. The van der Waals surface area contributed by atoms with Crippen LogP contribution in [0.15, 0.2) is 78.4 Å². The fraction of sp³-hybridized carbons (Fsp3) is 0.115. The molecule has 166 valence electrons. The highest BCUT2D eigenvalue weighted by Crippen LogP contribution is 2.19. The molecule has 7 heteroatoms. The molecule has 0 unspecified atom stereocenters. The third-order valence-electron chi connectivity index (χ3n) is 4.67. The average Bonchev–Trinajstić information content (AvgIpc) is 2.83. The van der Waals surface area contributed by atoms with Crippen molar-refractivity contribution < 1.29 is 19.1 Å². The second-order valence-electron chi connectivity index (χ2n) is 7.08. The highest BCUT2D eigenvalue weighted by atomic mass is 16.5. The molecule has 0 saturated carbocycles. The smallest absolute Gasteiger partial charge is 0.266 e. The molecule has 0 aliphatic rings. The lowest BCUT2D eigenvalue weighted by Crippen LogP contribution is -2.20. The van der Waals surface area contributed by atoms with Crippen molar-refractivity contribution in [2.24, 2.45) is 0 Å². The Morgan fingerprint density at radius 2 is 1.73 bits per heavy atom. The van der Waals surface area contributed by atoms with Gasteiger partial charge in [-0.1, -0.05) is 30.3 Å². The fourth-order valence-electron chi connectivity index (χ4n) is 2.93. The van der Waals surface area contributed by atoms with E-state index in [9.17, 15) is 14.9 Å². The van der Waals surface area contributed by atoms with Gasteiger partial charge in [-0.3, -0.25) is 9.59 Å². The number of hydrogen-bond donors (Lipinski definition) is 2. The van der Waals surface area contributed by atoms with Crippen molar-refractivity contribution in [3.05, 3.63) is 89.5 Å². The van der Waals surface area contributed by atoms with Crippen molar-refractivity contribution in [3.8, 4) is 17.6 Å². The van der Waals surface area contributed by atoms with Crippen LogP contribution in [0.3, 0.4) is 0 Å². The van der Waals surface area contributed by atoms with Crippen molar-refractivity contribution in [1.82, 2.24) is 0 Å². The van der Waals surface area contributed by atoms with Crippen LogP contribution in [0.25, 0.3) is 6.08 Å². The Labute approximate surface area is 192 Å². The van der Waals surface area contributed by atoms with Crippen LogP contribution in [0.5, 0.6) is 11.5 Å². The maximum atomic E-state index is 12.5. The summed E-state index contributed by atoms with van der Waals surface area (Å²) in [7, 11) is 1.57. The van der Waals surface area contributed by atoms with Crippen LogP contribution in [0, 0.1) is 18.3 Å². The van der Waals surface area contributed by atoms with E-state index in [2.05, 4.69) is 10.6 Å². The third-order valence-corrected chi connectivity index (χ3v) is 4.67. The average molecular weight is 441 g/mol. The number of carbonyl (C=O) groups excluding carboxylic acids is 2. The summed E-state index contributed by atoms with van der Waals surface area (Å²) in [5.41, 5.74) is 2.71. The van der Waals surface area contributed by atoms with Gasteiger partial charge in [0.2, 0.25) is 0 Å². The van der Waals surface area contributed by atoms with Gasteiger partial charge in [0, 0.05) is 11.4 Å². The van der Waals surface area contributed by atoms with Crippen LogP contribution < -0.4 is 20.1 Å². The molecule has 0 heterocycles. The van der Waals surface area contributed by atoms with Crippen LogP contribution in [-0.2, 0) is 9.59 Å². The first-order valence-corrected chi connectivity index (χ1v) is 10.1. The van der Waals surface area contributed by atoms with Crippen LogP contribution in [-0.4, -0.2) is 25.5 Å². The highest BCUT2D eigenvalue weighted by Gasteiger charge is 2.11. The zero-order chi connectivity index (χ0) is 23.6. The lowest BCUT2D eigenvalue weighted by Gasteiger charge is -2.09. The predicted octanol–water partition coefficient (Wildman–Crippen LogP) is 4.57. The lowest BCUT2D eigenvalue weighted by molar-refractivity contribution is -0.118. The minimum atomic E-state index is -0.503. The number of aryl methyl sites for hydroxylation is 1. The SMILES string of the molecule is COc1ccc(NC(=O)COc2cccc(/C=C(/C#N)C(=O)Nc3ccccc3C)c2)cc1.